The number of benzene rings is 1. The summed E-state index contributed by atoms with van der Waals surface area (Å²) in [6, 6.07) is 6.02. The second-order valence-electron chi connectivity index (χ2n) is 7.00. The molecule has 0 fully saturated rings. The summed E-state index contributed by atoms with van der Waals surface area (Å²) >= 11 is 6.30. The van der Waals surface area contributed by atoms with Gasteiger partial charge in [0, 0.05) is 30.5 Å². The summed E-state index contributed by atoms with van der Waals surface area (Å²) in [5.41, 5.74) is 2.57. The van der Waals surface area contributed by atoms with Crippen LogP contribution >= 0.6 is 11.6 Å². The number of amides is 1. The van der Waals surface area contributed by atoms with Crippen LogP contribution in [0, 0.1) is 6.92 Å². The van der Waals surface area contributed by atoms with Gasteiger partial charge < -0.3 is 0 Å². The molecule has 2 atom stereocenters. The van der Waals surface area contributed by atoms with Gasteiger partial charge in [0.25, 0.3) is 5.91 Å². The highest BCUT2D eigenvalue weighted by Crippen LogP contribution is 2.38. The van der Waals surface area contributed by atoms with Gasteiger partial charge in [-0.05, 0) is 30.5 Å². The van der Waals surface area contributed by atoms with Crippen LogP contribution in [0.15, 0.2) is 24.4 Å². The summed E-state index contributed by atoms with van der Waals surface area (Å²) in [5.74, 6) is 1.31. The summed E-state index contributed by atoms with van der Waals surface area (Å²) in [6.45, 7) is 4.88. The predicted octanol–water partition coefficient (Wildman–Crippen LogP) is 2.91. The van der Waals surface area contributed by atoms with Crippen molar-refractivity contribution in [3.8, 4) is 0 Å². The minimum Gasteiger partial charge on any atom is -0.288 e. The zero-order valence-electron chi connectivity index (χ0n) is 15.3. The van der Waals surface area contributed by atoms with Crippen LogP contribution < -0.4 is 5.32 Å². The maximum absolute atomic E-state index is 12.3. The van der Waals surface area contributed by atoms with E-state index in [2.05, 4.69) is 38.7 Å². The Bertz CT molecular complexity index is 1010. The molecule has 1 amide bonds. The number of fused-ring (bicyclic) bond motifs is 1. The summed E-state index contributed by atoms with van der Waals surface area (Å²) in [7, 11) is 1.71. The van der Waals surface area contributed by atoms with Gasteiger partial charge in [0.15, 0.2) is 5.69 Å². The molecule has 3 aromatic rings. The first-order valence-corrected chi connectivity index (χ1v) is 9.17. The number of anilines is 1. The maximum atomic E-state index is 12.3. The number of hydrogen-bond acceptors (Lipinski definition) is 5. The molecule has 0 spiro atoms. The fourth-order valence-corrected chi connectivity index (χ4v) is 3.81. The first-order valence-electron chi connectivity index (χ1n) is 8.79. The van der Waals surface area contributed by atoms with E-state index < -0.39 is 0 Å². The molecule has 2 aromatic heterocycles. The van der Waals surface area contributed by atoms with E-state index in [1.807, 2.05) is 23.7 Å². The van der Waals surface area contributed by atoms with Gasteiger partial charge in [0.05, 0.1) is 6.20 Å². The van der Waals surface area contributed by atoms with Crippen molar-refractivity contribution in [1.29, 1.82) is 0 Å². The lowest BCUT2D eigenvalue weighted by Gasteiger charge is -2.28. The molecule has 1 aliphatic rings. The second-order valence-corrected chi connectivity index (χ2v) is 7.40. The molecule has 0 aliphatic carbocycles. The molecule has 1 aliphatic heterocycles. The van der Waals surface area contributed by atoms with Crippen LogP contribution in [-0.2, 0) is 13.6 Å². The molecule has 8 nitrogen and oxygen atoms in total. The number of carbonyl (C=O) groups excluding carboxylic acids is 1. The quantitative estimate of drug-likeness (QED) is 0.748. The highest BCUT2D eigenvalue weighted by atomic mass is 35.5. The van der Waals surface area contributed by atoms with Gasteiger partial charge in [-0.15, -0.1) is 10.2 Å². The van der Waals surface area contributed by atoms with Crippen molar-refractivity contribution in [3.05, 3.63) is 52.1 Å². The van der Waals surface area contributed by atoms with Crippen LogP contribution in [0.1, 0.15) is 52.6 Å². The Morgan fingerprint density at radius 3 is 2.93 bits per heavy atom. The third kappa shape index (κ3) is 3.32. The lowest BCUT2D eigenvalue weighted by Crippen LogP contribution is -2.23. The average Bonchev–Trinajstić information content (AvgIpc) is 3.23. The molecule has 4 rings (SSSR count). The van der Waals surface area contributed by atoms with Gasteiger partial charge in [-0.25, -0.2) is 4.68 Å². The molecular weight excluding hydrogens is 366 g/mol. The molecule has 9 heteroatoms. The number of carbonyl (C=O) groups is 1. The SMILES string of the molecule is Cc1c(Cl)cccc1C1CC(C)c2nc(NC(=O)c3cn(C)nn3)nn2C1. The lowest BCUT2D eigenvalue weighted by molar-refractivity contribution is 0.102. The van der Waals surface area contributed by atoms with Crippen LogP contribution in [-0.4, -0.2) is 35.7 Å². The zero-order chi connectivity index (χ0) is 19.1. The summed E-state index contributed by atoms with van der Waals surface area (Å²) in [5, 5.41) is 15.5. The molecule has 27 heavy (non-hydrogen) atoms. The van der Waals surface area contributed by atoms with Crippen LogP contribution in [0.3, 0.4) is 0 Å². The van der Waals surface area contributed by atoms with E-state index in [0.29, 0.717) is 12.5 Å². The van der Waals surface area contributed by atoms with Crippen LogP contribution in [0.2, 0.25) is 5.02 Å². The van der Waals surface area contributed by atoms with Crippen LogP contribution in [0.4, 0.5) is 5.95 Å². The molecule has 140 valence electrons. The lowest BCUT2D eigenvalue weighted by atomic mass is 9.84. The highest BCUT2D eigenvalue weighted by molar-refractivity contribution is 6.31. The predicted molar refractivity (Wildman–Crippen MR) is 101 cm³/mol. The van der Waals surface area contributed by atoms with Gasteiger partial charge in [-0.1, -0.05) is 35.9 Å². The topological polar surface area (TPSA) is 90.5 Å². The third-order valence-electron chi connectivity index (χ3n) is 4.98. The number of nitrogens with zero attached hydrogens (tertiary/aromatic N) is 6. The Kier molecular flexibility index (Phi) is 4.43. The van der Waals surface area contributed by atoms with E-state index in [9.17, 15) is 4.79 Å². The Morgan fingerprint density at radius 1 is 1.37 bits per heavy atom. The highest BCUT2D eigenvalue weighted by Gasteiger charge is 2.30. The van der Waals surface area contributed by atoms with Crippen molar-refractivity contribution in [2.75, 3.05) is 5.32 Å². The van der Waals surface area contributed by atoms with Gasteiger partial charge in [-0.2, -0.15) is 4.98 Å². The van der Waals surface area contributed by atoms with Crippen molar-refractivity contribution in [3.63, 3.8) is 0 Å². The summed E-state index contributed by atoms with van der Waals surface area (Å²) in [4.78, 5) is 16.8. The molecule has 0 bridgehead atoms. The average molecular weight is 386 g/mol. The number of aromatic nitrogens is 6. The maximum Gasteiger partial charge on any atom is 0.280 e. The molecule has 0 saturated heterocycles. The van der Waals surface area contributed by atoms with E-state index in [1.165, 1.54) is 10.2 Å². The Morgan fingerprint density at radius 2 is 2.19 bits per heavy atom. The third-order valence-corrected chi connectivity index (χ3v) is 5.39. The van der Waals surface area contributed by atoms with Crippen molar-refractivity contribution < 1.29 is 4.79 Å². The molecule has 1 aromatic carbocycles. The molecule has 1 N–H and O–H groups in total. The Hall–Kier alpha value is -2.74. The number of nitrogens with one attached hydrogen (secondary N) is 1. The first-order chi connectivity index (χ1) is 12.9. The first kappa shape index (κ1) is 17.7. The molecular formula is C18H20ClN7O. The monoisotopic (exact) mass is 385 g/mol. The Labute approximate surface area is 161 Å². The molecule has 0 radical (unpaired) electrons. The molecule has 2 unspecified atom stereocenters. The van der Waals surface area contributed by atoms with Crippen molar-refractivity contribution in [2.24, 2.45) is 7.05 Å². The smallest absolute Gasteiger partial charge is 0.280 e. The van der Waals surface area contributed by atoms with E-state index in [0.717, 1.165) is 22.8 Å². The fraction of sp³-hybridized carbons (Fsp3) is 0.389. The van der Waals surface area contributed by atoms with Gasteiger partial charge in [0.1, 0.15) is 5.82 Å². The van der Waals surface area contributed by atoms with Crippen molar-refractivity contribution in [1.82, 2.24) is 29.8 Å². The zero-order valence-corrected chi connectivity index (χ0v) is 16.1. The van der Waals surface area contributed by atoms with Crippen molar-refractivity contribution >= 4 is 23.5 Å². The van der Waals surface area contributed by atoms with Gasteiger partial charge in [0.2, 0.25) is 5.95 Å². The van der Waals surface area contributed by atoms with Crippen LogP contribution in [0.5, 0.6) is 0 Å². The minimum atomic E-state index is -0.374. The minimum absolute atomic E-state index is 0.219. The van der Waals surface area contributed by atoms with Crippen molar-refractivity contribution in [2.45, 2.75) is 38.6 Å². The summed E-state index contributed by atoms with van der Waals surface area (Å²) < 4.78 is 3.35. The second kappa shape index (κ2) is 6.77. The summed E-state index contributed by atoms with van der Waals surface area (Å²) in [6.07, 6.45) is 2.50. The number of aryl methyl sites for hydroxylation is 1. The largest absolute Gasteiger partial charge is 0.288 e. The normalized spacial score (nSPS) is 19.0. The molecule has 0 saturated carbocycles. The van der Waals surface area contributed by atoms with E-state index in [1.54, 1.807) is 13.2 Å². The van der Waals surface area contributed by atoms with Gasteiger partial charge in [-0.3, -0.25) is 14.8 Å². The Balaban J connectivity index is 1.57. The van der Waals surface area contributed by atoms with Crippen LogP contribution in [0.25, 0.3) is 0 Å². The number of halogens is 1. The molecule has 3 heterocycles. The van der Waals surface area contributed by atoms with E-state index >= 15 is 0 Å². The van der Waals surface area contributed by atoms with Gasteiger partial charge >= 0.3 is 0 Å². The standard InChI is InChI=1S/C18H20ClN7O/c1-10-7-12(13-5-4-6-14(19)11(13)2)8-26-16(10)20-18(23-26)21-17(27)15-9-25(3)24-22-15/h4-6,9-10,12H,7-8H2,1-3H3,(H,21,23,27). The fourth-order valence-electron chi connectivity index (χ4n) is 3.63. The van der Waals surface area contributed by atoms with E-state index in [-0.39, 0.29) is 23.5 Å². The number of hydrogen-bond donors (Lipinski definition) is 1. The van der Waals surface area contributed by atoms with E-state index in [4.69, 9.17) is 11.6 Å². The number of rotatable bonds is 3.